The molecule has 1 heterocycles. The number of fused-ring (bicyclic) bond motifs is 1. The molecule has 0 saturated heterocycles. The number of hydrogen-bond donors (Lipinski definition) is 2. The smallest absolute Gasteiger partial charge is 0.272 e. The third kappa shape index (κ3) is 2.59. The van der Waals surface area contributed by atoms with Crippen molar-refractivity contribution in [2.45, 2.75) is 13.8 Å². The standard InChI is InChI=1S/C17H15BrN2O/c1-10-7-8-15(13(18)9-10)20-17(21)16-11(2)12-5-3-4-6-14(12)19-16/h3-9,19H,1-2H3,(H,20,21). The summed E-state index contributed by atoms with van der Waals surface area (Å²) in [5.41, 5.74) is 4.45. The molecular formula is C17H15BrN2O. The van der Waals surface area contributed by atoms with Crippen LogP contribution in [0.3, 0.4) is 0 Å². The van der Waals surface area contributed by atoms with E-state index in [1.165, 1.54) is 0 Å². The largest absolute Gasteiger partial charge is 0.350 e. The minimum absolute atomic E-state index is 0.131. The molecule has 4 heteroatoms. The molecule has 3 rings (SSSR count). The van der Waals surface area contributed by atoms with Crippen LogP contribution >= 0.6 is 15.9 Å². The Morgan fingerprint density at radius 3 is 2.62 bits per heavy atom. The fourth-order valence-electron chi connectivity index (χ4n) is 2.42. The maximum Gasteiger partial charge on any atom is 0.272 e. The summed E-state index contributed by atoms with van der Waals surface area (Å²) < 4.78 is 0.879. The van der Waals surface area contributed by atoms with Gasteiger partial charge in [0.2, 0.25) is 0 Å². The Morgan fingerprint density at radius 1 is 1.14 bits per heavy atom. The van der Waals surface area contributed by atoms with E-state index in [0.717, 1.165) is 32.2 Å². The summed E-state index contributed by atoms with van der Waals surface area (Å²) in [7, 11) is 0. The molecule has 0 atom stereocenters. The van der Waals surface area contributed by atoms with Gasteiger partial charge < -0.3 is 10.3 Å². The van der Waals surface area contributed by atoms with E-state index in [2.05, 4.69) is 26.2 Å². The van der Waals surface area contributed by atoms with E-state index >= 15 is 0 Å². The van der Waals surface area contributed by atoms with Gasteiger partial charge in [0.05, 0.1) is 5.69 Å². The van der Waals surface area contributed by atoms with Gasteiger partial charge in [-0.15, -0.1) is 0 Å². The van der Waals surface area contributed by atoms with Gasteiger partial charge in [0.1, 0.15) is 5.69 Å². The van der Waals surface area contributed by atoms with Crippen LogP contribution in [0.4, 0.5) is 5.69 Å². The van der Waals surface area contributed by atoms with Crippen LogP contribution < -0.4 is 5.32 Å². The highest BCUT2D eigenvalue weighted by atomic mass is 79.9. The predicted octanol–water partition coefficient (Wildman–Crippen LogP) is 4.80. The van der Waals surface area contributed by atoms with E-state index < -0.39 is 0 Å². The summed E-state index contributed by atoms with van der Waals surface area (Å²) in [4.78, 5) is 15.7. The van der Waals surface area contributed by atoms with Crippen molar-refractivity contribution in [2.24, 2.45) is 0 Å². The Kier molecular flexibility index (Phi) is 3.55. The van der Waals surface area contributed by atoms with Gasteiger partial charge in [-0.3, -0.25) is 4.79 Å². The van der Waals surface area contributed by atoms with Gasteiger partial charge >= 0.3 is 0 Å². The van der Waals surface area contributed by atoms with Gasteiger partial charge in [-0.05, 0) is 59.1 Å². The van der Waals surface area contributed by atoms with Crippen LogP contribution in [0.2, 0.25) is 0 Å². The zero-order valence-electron chi connectivity index (χ0n) is 11.8. The lowest BCUT2D eigenvalue weighted by Gasteiger charge is -2.07. The molecule has 0 bridgehead atoms. The van der Waals surface area contributed by atoms with E-state index in [1.807, 2.05) is 56.3 Å². The molecule has 0 aliphatic heterocycles. The number of halogens is 1. The number of aromatic nitrogens is 1. The first-order valence-electron chi connectivity index (χ1n) is 6.71. The zero-order valence-corrected chi connectivity index (χ0v) is 13.4. The summed E-state index contributed by atoms with van der Waals surface area (Å²) in [5, 5.41) is 4.01. The molecule has 3 aromatic rings. The number of para-hydroxylation sites is 1. The normalized spacial score (nSPS) is 10.8. The van der Waals surface area contributed by atoms with Crippen molar-refractivity contribution in [3.05, 3.63) is 63.8 Å². The second-order valence-electron chi connectivity index (χ2n) is 5.11. The van der Waals surface area contributed by atoms with E-state index in [0.29, 0.717) is 5.69 Å². The minimum atomic E-state index is -0.131. The first kappa shape index (κ1) is 13.9. The van der Waals surface area contributed by atoms with Gasteiger partial charge in [0, 0.05) is 15.4 Å². The molecule has 21 heavy (non-hydrogen) atoms. The number of hydrogen-bond acceptors (Lipinski definition) is 1. The number of H-pyrrole nitrogens is 1. The number of rotatable bonds is 2. The lowest BCUT2D eigenvalue weighted by atomic mass is 10.1. The number of amides is 1. The van der Waals surface area contributed by atoms with Crippen LogP contribution in [0.25, 0.3) is 10.9 Å². The molecule has 2 N–H and O–H groups in total. The van der Waals surface area contributed by atoms with Crippen molar-refractivity contribution in [3.63, 3.8) is 0 Å². The number of nitrogens with one attached hydrogen (secondary N) is 2. The van der Waals surface area contributed by atoms with Gasteiger partial charge in [-0.25, -0.2) is 0 Å². The molecule has 0 unspecified atom stereocenters. The molecule has 0 radical (unpaired) electrons. The van der Waals surface area contributed by atoms with Gasteiger partial charge in [0.25, 0.3) is 5.91 Å². The number of anilines is 1. The first-order chi connectivity index (χ1) is 10.1. The highest BCUT2D eigenvalue weighted by Crippen LogP contribution is 2.26. The molecule has 3 nitrogen and oxygen atoms in total. The van der Waals surface area contributed by atoms with Crippen molar-refractivity contribution in [3.8, 4) is 0 Å². The van der Waals surface area contributed by atoms with Crippen LogP contribution in [0.5, 0.6) is 0 Å². The quantitative estimate of drug-likeness (QED) is 0.690. The van der Waals surface area contributed by atoms with E-state index in [4.69, 9.17) is 0 Å². The van der Waals surface area contributed by atoms with Gasteiger partial charge in [-0.2, -0.15) is 0 Å². The summed E-state index contributed by atoms with van der Waals surface area (Å²) in [6.07, 6.45) is 0. The highest BCUT2D eigenvalue weighted by Gasteiger charge is 2.15. The fourth-order valence-corrected chi connectivity index (χ4v) is 3.01. The molecule has 0 fully saturated rings. The summed E-state index contributed by atoms with van der Waals surface area (Å²) >= 11 is 3.48. The third-order valence-electron chi connectivity index (χ3n) is 3.57. The van der Waals surface area contributed by atoms with E-state index in [1.54, 1.807) is 0 Å². The van der Waals surface area contributed by atoms with Crippen LogP contribution in [-0.2, 0) is 0 Å². The predicted molar refractivity (Wildman–Crippen MR) is 89.9 cm³/mol. The molecule has 1 amide bonds. The topological polar surface area (TPSA) is 44.9 Å². The van der Waals surface area contributed by atoms with Crippen molar-refractivity contribution < 1.29 is 4.79 Å². The second-order valence-corrected chi connectivity index (χ2v) is 5.96. The minimum Gasteiger partial charge on any atom is -0.350 e. The molecule has 2 aromatic carbocycles. The molecule has 106 valence electrons. The third-order valence-corrected chi connectivity index (χ3v) is 4.22. The maximum absolute atomic E-state index is 12.5. The number of aryl methyl sites for hydroxylation is 2. The molecule has 0 aliphatic rings. The Balaban J connectivity index is 1.95. The molecule has 1 aromatic heterocycles. The van der Waals surface area contributed by atoms with Crippen LogP contribution in [0.15, 0.2) is 46.9 Å². The highest BCUT2D eigenvalue weighted by molar-refractivity contribution is 9.10. The average molecular weight is 343 g/mol. The second kappa shape index (κ2) is 5.37. The van der Waals surface area contributed by atoms with Crippen molar-refractivity contribution in [2.75, 3.05) is 5.32 Å². The van der Waals surface area contributed by atoms with E-state index in [-0.39, 0.29) is 5.91 Å². The van der Waals surface area contributed by atoms with Crippen LogP contribution in [-0.4, -0.2) is 10.9 Å². The number of carbonyl (C=O) groups excluding carboxylic acids is 1. The van der Waals surface area contributed by atoms with Crippen molar-refractivity contribution in [1.29, 1.82) is 0 Å². The molecular weight excluding hydrogens is 328 g/mol. The van der Waals surface area contributed by atoms with Crippen LogP contribution in [0, 0.1) is 13.8 Å². The van der Waals surface area contributed by atoms with Crippen molar-refractivity contribution >= 4 is 38.4 Å². The fraction of sp³-hybridized carbons (Fsp3) is 0.118. The summed E-state index contributed by atoms with van der Waals surface area (Å²) in [6.45, 7) is 3.97. The number of aromatic amines is 1. The maximum atomic E-state index is 12.5. The molecule has 0 aliphatic carbocycles. The average Bonchev–Trinajstić information content (AvgIpc) is 2.80. The Labute approximate surface area is 131 Å². The lowest BCUT2D eigenvalue weighted by molar-refractivity contribution is 0.102. The lowest BCUT2D eigenvalue weighted by Crippen LogP contribution is -2.13. The van der Waals surface area contributed by atoms with Crippen molar-refractivity contribution in [1.82, 2.24) is 4.98 Å². The summed E-state index contributed by atoms with van der Waals surface area (Å²) in [5.74, 6) is -0.131. The first-order valence-corrected chi connectivity index (χ1v) is 7.50. The Hall–Kier alpha value is -2.07. The molecule has 0 saturated carbocycles. The number of benzene rings is 2. The van der Waals surface area contributed by atoms with Gasteiger partial charge in [0.15, 0.2) is 0 Å². The van der Waals surface area contributed by atoms with Crippen LogP contribution in [0.1, 0.15) is 21.6 Å². The van der Waals surface area contributed by atoms with Gasteiger partial charge in [-0.1, -0.05) is 24.3 Å². The summed E-state index contributed by atoms with van der Waals surface area (Å²) in [6, 6.07) is 13.8. The SMILES string of the molecule is Cc1ccc(NC(=O)c2[nH]c3ccccc3c2C)c(Br)c1. The monoisotopic (exact) mass is 342 g/mol. The van der Waals surface area contributed by atoms with E-state index in [9.17, 15) is 4.79 Å². The Morgan fingerprint density at radius 2 is 1.90 bits per heavy atom. The molecule has 0 spiro atoms. The Bertz CT molecular complexity index is 836. The zero-order chi connectivity index (χ0) is 15.0. The number of carbonyl (C=O) groups is 1.